The van der Waals surface area contributed by atoms with E-state index >= 15 is 0 Å². The maximum absolute atomic E-state index is 13.0. The Morgan fingerprint density at radius 3 is 2.36 bits per heavy atom. The summed E-state index contributed by atoms with van der Waals surface area (Å²) in [5.41, 5.74) is -0.181. The van der Waals surface area contributed by atoms with Gasteiger partial charge in [0.05, 0.1) is 12.4 Å². The SMILES string of the molecule is O=S(CCO)Cc1c(F)cccc1F. The van der Waals surface area contributed by atoms with Crippen LogP contribution in [0.5, 0.6) is 0 Å². The van der Waals surface area contributed by atoms with E-state index in [1.54, 1.807) is 0 Å². The number of hydrogen-bond acceptors (Lipinski definition) is 2. The average molecular weight is 220 g/mol. The number of hydrogen-bond donors (Lipinski definition) is 1. The van der Waals surface area contributed by atoms with Gasteiger partial charge in [-0.15, -0.1) is 0 Å². The summed E-state index contributed by atoms with van der Waals surface area (Å²) < 4.78 is 37.2. The zero-order valence-corrected chi connectivity index (χ0v) is 8.19. The zero-order valence-electron chi connectivity index (χ0n) is 7.37. The Labute approximate surface area is 83.0 Å². The van der Waals surface area contributed by atoms with Gasteiger partial charge in [-0.05, 0) is 12.1 Å². The van der Waals surface area contributed by atoms with Gasteiger partial charge in [-0.1, -0.05) is 6.07 Å². The van der Waals surface area contributed by atoms with E-state index in [1.165, 1.54) is 6.07 Å². The topological polar surface area (TPSA) is 37.3 Å². The fraction of sp³-hybridized carbons (Fsp3) is 0.333. The van der Waals surface area contributed by atoms with Crippen molar-refractivity contribution in [3.63, 3.8) is 0 Å². The van der Waals surface area contributed by atoms with Crippen molar-refractivity contribution in [2.24, 2.45) is 0 Å². The second-order valence-electron chi connectivity index (χ2n) is 2.71. The van der Waals surface area contributed by atoms with Crippen LogP contribution in [0.25, 0.3) is 0 Å². The van der Waals surface area contributed by atoms with Crippen LogP contribution in [0, 0.1) is 11.6 Å². The molecular weight excluding hydrogens is 210 g/mol. The van der Waals surface area contributed by atoms with Crippen LogP contribution in [0.15, 0.2) is 18.2 Å². The second-order valence-corrected chi connectivity index (χ2v) is 4.29. The molecule has 14 heavy (non-hydrogen) atoms. The highest BCUT2D eigenvalue weighted by Gasteiger charge is 2.11. The van der Waals surface area contributed by atoms with Crippen molar-refractivity contribution in [1.82, 2.24) is 0 Å². The Morgan fingerprint density at radius 1 is 1.29 bits per heavy atom. The Kier molecular flexibility index (Phi) is 4.16. The summed E-state index contributed by atoms with van der Waals surface area (Å²) in [7, 11) is -1.42. The molecule has 0 fully saturated rings. The van der Waals surface area contributed by atoms with Crippen LogP contribution in [0.4, 0.5) is 8.78 Å². The lowest BCUT2D eigenvalue weighted by molar-refractivity contribution is 0.321. The molecule has 0 saturated carbocycles. The molecule has 2 nitrogen and oxygen atoms in total. The molecule has 78 valence electrons. The van der Waals surface area contributed by atoms with Crippen molar-refractivity contribution in [3.05, 3.63) is 35.4 Å². The number of aliphatic hydroxyl groups is 1. The van der Waals surface area contributed by atoms with Gasteiger partial charge in [0.25, 0.3) is 0 Å². The molecule has 0 aliphatic rings. The molecule has 1 rings (SSSR count). The third-order valence-corrected chi connectivity index (χ3v) is 2.93. The van der Waals surface area contributed by atoms with Crippen molar-refractivity contribution in [2.75, 3.05) is 12.4 Å². The molecule has 0 saturated heterocycles. The Balaban J connectivity index is 2.80. The van der Waals surface area contributed by atoms with Crippen molar-refractivity contribution in [1.29, 1.82) is 0 Å². The molecule has 0 heterocycles. The highest BCUT2D eigenvalue weighted by atomic mass is 32.2. The minimum atomic E-state index is -1.42. The van der Waals surface area contributed by atoms with Crippen LogP contribution in [-0.2, 0) is 16.6 Å². The molecule has 0 spiro atoms. The Morgan fingerprint density at radius 2 is 1.86 bits per heavy atom. The van der Waals surface area contributed by atoms with Gasteiger partial charge in [-0.25, -0.2) is 8.78 Å². The van der Waals surface area contributed by atoms with E-state index in [2.05, 4.69) is 0 Å². The first kappa shape index (κ1) is 11.3. The molecule has 1 atom stereocenters. The van der Waals surface area contributed by atoms with Crippen LogP contribution in [0.1, 0.15) is 5.56 Å². The van der Waals surface area contributed by atoms with Gasteiger partial charge < -0.3 is 5.11 Å². The van der Waals surface area contributed by atoms with Gasteiger partial charge in [0.2, 0.25) is 0 Å². The van der Waals surface area contributed by atoms with Crippen LogP contribution in [0.3, 0.4) is 0 Å². The van der Waals surface area contributed by atoms with Crippen LogP contribution in [-0.4, -0.2) is 21.7 Å². The van der Waals surface area contributed by atoms with E-state index < -0.39 is 22.4 Å². The second kappa shape index (κ2) is 5.17. The zero-order chi connectivity index (χ0) is 10.6. The van der Waals surface area contributed by atoms with E-state index in [0.717, 1.165) is 12.1 Å². The molecule has 1 unspecified atom stereocenters. The predicted octanol–water partition coefficient (Wildman–Crippen LogP) is 1.21. The fourth-order valence-corrected chi connectivity index (χ4v) is 1.95. The van der Waals surface area contributed by atoms with E-state index in [-0.39, 0.29) is 23.7 Å². The average Bonchev–Trinajstić information content (AvgIpc) is 2.12. The first-order valence-corrected chi connectivity index (χ1v) is 5.52. The van der Waals surface area contributed by atoms with Crippen LogP contribution in [0.2, 0.25) is 0 Å². The van der Waals surface area contributed by atoms with Gasteiger partial charge in [0.15, 0.2) is 0 Å². The third-order valence-electron chi connectivity index (χ3n) is 1.69. The fourth-order valence-electron chi connectivity index (χ4n) is 1.01. The van der Waals surface area contributed by atoms with E-state index in [1.807, 2.05) is 0 Å². The van der Waals surface area contributed by atoms with Crippen molar-refractivity contribution in [2.45, 2.75) is 5.75 Å². The van der Waals surface area contributed by atoms with Gasteiger partial charge in [0.1, 0.15) is 11.6 Å². The molecule has 0 aromatic heterocycles. The first-order valence-electron chi connectivity index (χ1n) is 4.04. The molecule has 0 aliphatic carbocycles. The Bertz CT molecular complexity index is 321. The largest absolute Gasteiger partial charge is 0.395 e. The summed E-state index contributed by atoms with van der Waals surface area (Å²) in [6.07, 6.45) is 0. The summed E-state index contributed by atoms with van der Waals surface area (Å²) in [4.78, 5) is 0. The molecule has 1 N–H and O–H groups in total. The smallest absolute Gasteiger partial charge is 0.130 e. The van der Waals surface area contributed by atoms with Crippen LogP contribution >= 0.6 is 0 Å². The van der Waals surface area contributed by atoms with Gasteiger partial charge >= 0.3 is 0 Å². The van der Waals surface area contributed by atoms with E-state index in [0.29, 0.717) is 0 Å². The maximum atomic E-state index is 13.0. The van der Waals surface area contributed by atoms with Crippen molar-refractivity contribution < 1.29 is 18.1 Å². The number of rotatable bonds is 4. The lowest BCUT2D eigenvalue weighted by Gasteiger charge is -2.03. The molecule has 1 aromatic carbocycles. The van der Waals surface area contributed by atoms with Crippen molar-refractivity contribution >= 4 is 10.8 Å². The van der Waals surface area contributed by atoms with Gasteiger partial charge in [-0.2, -0.15) is 0 Å². The minimum Gasteiger partial charge on any atom is -0.395 e. The lowest BCUT2D eigenvalue weighted by atomic mass is 10.2. The number of aliphatic hydroxyl groups excluding tert-OH is 1. The van der Waals surface area contributed by atoms with Crippen molar-refractivity contribution in [3.8, 4) is 0 Å². The molecule has 5 heteroatoms. The molecule has 0 bridgehead atoms. The van der Waals surface area contributed by atoms with E-state index in [9.17, 15) is 13.0 Å². The normalized spacial score (nSPS) is 12.8. The summed E-state index contributed by atoms with van der Waals surface area (Å²) in [5.74, 6) is -1.56. The molecule has 0 aliphatic heterocycles. The van der Waals surface area contributed by atoms with Gasteiger partial charge in [-0.3, -0.25) is 4.21 Å². The standard InChI is InChI=1S/C9H10F2O2S/c10-8-2-1-3-9(11)7(8)6-14(13)5-4-12/h1-3,12H,4-6H2. The molecular formula is C9H10F2O2S. The predicted molar refractivity (Wildman–Crippen MR) is 50.2 cm³/mol. The Hall–Kier alpha value is -0.810. The summed E-state index contributed by atoms with van der Waals surface area (Å²) in [5, 5.41) is 8.47. The summed E-state index contributed by atoms with van der Waals surface area (Å²) >= 11 is 0. The lowest BCUT2D eigenvalue weighted by Crippen LogP contribution is -2.07. The minimum absolute atomic E-state index is 0.0355. The van der Waals surface area contributed by atoms with Crippen LogP contribution < -0.4 is 0 Å². The highest BCUT2D eigenvalue weighted by molar-refractivity contribution is 7.84. The number of halogens is 2. The third kappa shape index (κ3) is 2.85. The quantitative estimate of drug-likeness (QED) is 0.828. The maximum Gasteiger partial charge on any atom is 0.130 e. The van der Waals surface area contributed by atoms with E-state index in [4.69, 9.17) is 5.11 Å². The molecule has 0 radical (unpaired) electrons. The first-order chi connectivity index (χ1) is 6.65. The number of benzene rings is 1. The summed E-state index contributed by atoms with van der Waals surface area (Å²) in [6.45, 7) is -0.247. The summed E-state index contributed by atoms with van der Waals surface area (Å²) in [6, 6.07) is 3.49. The molecule has 1 aromatic rings. The highest BCUT2D eigenvalue weighted by Crippen LogP contribution is 2.13. The molecule has 0 amide bonds. The monoisotopic (exact) mass is 220 g/mol. The van der Waals surface area contributed by atoms with Gasteiger partial charge in [0, 0.05) is 22.1 Å².